The molecule has 0 bridgehead atoms. The lowest BCUT2D eigenvalue weighted by atomic mass is 10.1. The number of carbonyl (C=O) groups excluding carboxylic acids is 4. The molecule has 0 radical (unpaired) electrons. The molecule has 0 aliphatic rings. The molecule has 0 heterocycles. The van der Waals surface area contributed by atoms with Gasteiger partial charge in [0.1, 0.15) is 17.5 Å². The summed E-state index contributed by atoms with van der Waals surface area (Å²) >= 11 is 0. The fraction of sp³-hybridized carbons (Fsp3) is 0.238. The molecule has 0 aromatic heterocycles. The predicted octanol–water partition coefficient (Wildman–Crippen LogP) is 0.698. The van der Waals surface area contributed by atoms with Gasteiger partial charge in [-0.2, -0.15) is 0 Å². The van der Waals surface area contributed by atoms with E-state index in [-0.39, 0.29) is 23.5 Å². The maximum atomic E-state index is 12.0. The summed E-state index contributed by atoms with van der Waals surface area (Å²) in [5, 5.41) is 20.9. The van der Waals surface area contributed by atoms with Crippen LogP contribution in [0.5, 0.6) is 11.5 Å². The number of phenolic OH excluding ortho intramolecular Hbond substituents is 2. The first-order valence-corrected chi connectivity index (χ1v) is 9.05. The van der Waals surface area contributed by atoms with Crippen LogP contribution in [0.1, 0.15) is 15.9 Å². The van der Waals surface area contributed by atoms with Crippen LogP contribution in [-0.2, 0) is 35.0 Å². The minimum atomic E-state index is -1.03. The van der Waals surface area contributed by atoms with Crippen molar-refractivity contribution in [2.24, 2.45) is 0 Å². The summed E-state index contributed by atoms with van der Waals surface area (Å²) < 4.78 is 14.2. The van der Waals surface area contributed by atoms with Crippen molar-refractivity contribution in [3.8, 4) is 11.5 Å². The molecule has 31 heavy (non-hydrogen) atoms. The van der Waals surface area contributed by atoms with Gasteiger partial charge in [-0.25, -0.2) is 14.4 Å². The SMILES string of the molecule is COC(=O)C(Cc1ccc(O)cc1)NC(=O)COC(=O)COC(=O)c1ccc(O)cc1. The third-order valence-corrected chi connectivity index (χ3v) is 3.99. The Bertz CT molecular complexity index is 923. The summed E-state index contributed by atoms with van der Waals surface area (Å²) in [6, 6.07) is 10.2. The number of hydrogen-bond donors (Lipinski definition) is 3. The summed E-state index contributed by atoms with van der Waals surface area (Å²) in [7, 11) is 1.17. The summed E-state index contributed by atoms with van der Waals surface area (Å²) in [5.74, 6) is -3.20. The van der Waals surface area contributed by atoms with Crippen molar-refractivity contribution in [3.63, 3.8) is 0 Å². The van der Waals surface area contributed by atoms with Gasteiger partial charge in [-0.15, -0.1) is 0 Å². The molecule has 0 aliphatic carbocycles. The van der Waals surface area contributed by atoms with E-state index in [1.165, 1.54) is 43.5 Å². The molecule has 1 unspecified atom stereocenters. The van der Waals surface area contributed by atoms with Crippen LogP contribution in [0, 0.1) is 0 Å². The van der Waals surface area contributed by atoms with Crippen LogP contribution >= 0.6 is 0 Å². The van der Waals surface area contributed by atoms with Gasteiger partial charge in [-0.1, -0.05) is 12.1 Å². The van der Waals surface area contributed by atoms with Crippen LogP contribution in [0.3, 0.4) is 0 Å². The summed E-state index contributed by atoms with van der Waals surface area (Å²) in [5.41, 5.74) is 0.783. The third kappa shape index (κ3) is 7.69. The average molecular weight is 431 g/mol. The second-order valence-corrected chi connectivity index (χ2v) is 6.30. The van der Waals surface area contributed by atoms with E-state index in [1.807, 2.05) is 0 Å². The first-order chi connectivity index (χ1) is 14.8. The Kier molecular flexibility index (Phi) is 8.38. The van der Waals surface area contributed by atoms with E-state index >= 15 is 0 Å². The van der Waals surface area contributed by atoms with E-state index < -0.39 is 43.1 Å². The molecular formula is C21H21NO9. The number of esters is 3. The fourth-order valence-corrected chi connectivity index (χ4v) is 2.43. The molecule has 2 aromatic carbocycles. The van der Waals surface area contributed by atoms with E-state index in [0.717, 1.165) is 0 Å². The highest BCUT2D eigenvalue weighted by Gasteiger charge is 2.23. The van der Waals surface area contributed by atoms with Crippen molar-refractivity contribution in [1.82, 2.24) is 5.32 Å². The number of ether oxygens (including phenoxy) is 3. The van der Waals surface area contributed by atoms with Gasteiger partial charge in [0.05, 0.1) is 12.7 Å². The number of amides is 1. The van der Waals surface area contributed by atoms with Gasteiger partial charge < -0.3 is 29.7 Å². The van der Waals surface area contributed by atoms with Crippen LogP contribution in [0.25, 0.3) is 0 Å². The normalized spacial score (nSPS) is 11.1. The molecule has 2 aromatic rings. The highest BCUT2D eigenvalue weighted by molar-refractivity contribution is 5.91. The summed E-state index contributed by atoms with van der Waals surface area (Å²) in [6.07, 6.45) is 0.0941. The molecule has 0 saturated carbocycles. The Balaban J connectivity index is 1.80. The van der Waals surface area contributed by atoms with Gasteiger partial charge >= 0.3 is 17.9 Å². The number of phenols is 2. The van der Waals surface area contributed by atoms with Crippen LogP contribution in [0.15, 0.2) is 48.5 Å². The lowest BCUT2D eigenvalue weighted by Gasteiger charge is -2.16. The van der Waals surface area contributed by atoms with Crippen LogP contribution in [0.4, 0.5) is 0 Å². The number of aromatic hydroxyl groups is 2. The minimum absolute atomic E-state index is 0.0300. The lowest BCUT2D eigenvalue weighted by molar-refractivity contribution is -0.152. The molecule has 164 valence electrons. The molecule has 0 fully saturated rings. The minimum Gasteiger partial charge on any atom is -0.508 e. The quantitative estimate of drug-likeness (QED) is 0.385. The zero-order valence-electron chi connectivity index (χ0n) is 16.6. The molecule has 1 atom stereocenters. The van der Waals surface area contributed by atoms with E-state index in [0.29, 0.717) is 5.56 Å². The fourth-order valence-electron chi connectivity index (χ4n) is 2.43. The van der Waals surface area contributed by atoms with Gasteiger partial charge in [0.15, 0.2) is 13.2 Å². The second kappa shape index (κ2) is 11.2. The Morgan fingerprint density at radius 2 is 1.45 bits per heavy atom. The number of rotatable bonds is 9. The van der Waals surface area contributed by atoms with Gasteiger partial charge in [-0.3, -0.25) is 4.79 Å². The van der Waals surface area contributed by atoms with Gasteiger partial charge in [0.25, 0.3) is 5.91 Å². The Morgan fingerprint density at radius 3 is 2.03 bits per heavy atom. The summed E-state index contributed by atoms with van der Waals surface area (Å²) in [4.78, 5) is 47.5. The van der Waals surface area contributed by atoms with Crippen LogP contribution in [-0.4, -0.2) is 60.4 Å². The Hall–Kier alpha value is -4.08. The molecule has 0 aliphatic heterocycles. The van der Waals surface area contributed by atoms with Gasteiger partial charge in [0.2, 0.25) is 0 Å². The first kappa shape index (κ1) is 23.2. The second-order valence-electron chi connectivity index (χ2n) is 6.30. The van der Waals surface area contributed by atoms with Gasteiger partial charge in [0, 0.05) is 6.42 Å². The highest BCUT2D eigenvalue weighted by Crippen LogP contribution is 2.12. The highest BCUT2D eigenvalue weighted by atomic mass is 16.6. The van der Waals surface area contributed by atoms with Crippen molar-refractivity contribution in [3.05, 3.63) is 59.7 Å². The largest absolute Gasteiger partial charge is 0.508 e. The molecule has 3 N–H and O–H groups in total. The zero-order valence-corrected chi connectivity index (χ0v) is 16.6. The Labute approximate surface area is 177 Å². The zero-order chi connectivity index (χ0) is 22.8. The maximum absolute atomic E-state index is 12.0. The van der Waals surface area contributed by atoms with E-state index in [1.54, 1.807) is 12.1 Å². The van der Waals surface area contributed by atoms with Gasteiger partial charge in [-0.05, 0) is 42.0 Å². The molecular weight excluding hydrogens is 410 g/mol. The van der Waals surface area contributed by atoms with Crippen LogP contribution in [0.2, 0.25) is 0 Å². The number of benzene rings is 2. The van der Waals surface area contributed by atoms with E-state index in [4.69, 9.17) is 9.47 Å². The Morgan fingerprint density at radius 1 is 0.871 bits per heavy atom. The summed E-state index contributed by atoms with van der Waals surface area (Å²) in [6.45, 7) is -1.42. The van der Waals surface area contributed by atoms with Crippen molar-refractivity contribution in [2.45, 2.75) is 12.5 Å². The van der Waals surface area contributed by atoms with E-state index in [2.05, 4.69) is 10.1 Å². The van der Waals surface area contributed by atoms with Crippen molar-refractivity contribution >= 4 is 23.8 Å². The third-order valence-electron chi connectivity index (χ3n) is 3.99. The van der Waals surface area contributed by atoms with E-state index in [9.17, 15) is 29.4 Å². The standard InChI is InChI=1S/C21H21NO9/c1-29-21(28)17(10-13-2-6-15(23)7-3-13)22-18(25)11-30-19(26)12-31-20(27)14-4-8-16(24)9-5-14/h2-9,17,23-24H,10-12H2,1H3,(H,22,25). The molecule has 0 spiro atoms. The monoisotopic (exact) mass is 431 g/mol. The maximum Gasteiger partial charge on any atom is 0.344 e. The van der Waals surface area contributed by atoms with Crippen molar-refractivity contribution < 1.29 is 43.6 Å². The molecule has 10 heteroatoms. The topological polar surface area (TPSA) is 148 Å². The molecule has 2 rings (SSSR count). The van der Waals surface area contributed by atoms with Crippen molar-refractivity contribution in [2.75, 3.05) is 20.3 Å². The molecule has 0 saturated heterocycles. The smallest absolute Gasteiger partial charge is 0.344 e. The lowest BCUT2D eigenvalue weighted by Crippen LogP contribution is -2.44. The van der Waals surface area contributed by atoms with Crippen LogP contribution < -0.4 is 5.32 Å². The number of carbonyl (C=O) groups is 4. The first-order valence-electron chi connectivity index (χ1n) is 9.05. The predicted molar refractivity (Wildman–Crippen MR) is 105 cm³/mol. The van der Waals surface area contributed by atoms with Crippen molar-refractivity contribution in [1.29, 1.82) is 0 Å². The average Bonchev–Trinajstić information content (AvgIpc) is 2.77. The number of methoxy groups -OCH3 is 1. The number of nitrogens with one attached hydrogen (secondary N) is 1. The molecule has 10 nitrogen and oxygen atoms in total. The molecule has 1 amide bonds. The number of hydrogen-bond acceptors (Lipinski definition) is 9.